The minimum atomic E-state index is 0.173. The van der Waals surface area contributed by atoms with Gasteiger partial charge in [0.15, 0.2) is 0 Å². The molecular formula is C17H19NO. The number of anilines is 1. The fraction of sp³-hybridized carbons (Fsp3) is 0.176. The van der Waals surface area contributed by atoms with E-state index in [4.69, 9.17) is 5.11 Å². The molecule has 2 aromatic rings. The third-order valence-corrected chi connectivity index (χ3v) is 3.04. The summed E-state index contributed by atoms with van der Waals surface area (Å²) in [7, 11) is 1.98. The van der Waals surface area contributed by atoms with Crippen molar-refractivity contribution >= 4 is 17.8 Å². The highest BCUT2D eigenvalue weighted by Gasteiger charge is 1.98. The second-order valence-corrected chi connectivity index (χ2v) is 4.48. The Kier molecular flexibility index (Phi) is 4.76. The lowest BCUT2D eigenvalue weighted by atomic mass is 10.1. The van der Waals surface area contributed by atoms with Crippen LogP contribution in [-0.4, -0.2) is 25.3 Å². The lowest BCUT2D eigenvalue weighted by molar-refractivity contribution is 0.304. The molecule has 1 N–H and O–H groups in total. The first-order valence-electron chi connectivity index (χ1n) is 6.45. The molecule has 0 saturated heterocycles. The molecule has 0 heterocycles. The number of likely N-dealkylation sites (N-methyl/N-ethyl adjacent to an activating group) is 1. The van der Waals surface area contributed by atoms with Crippen molar-refractivity contribution in [2.24, 2.45) is 0 Å². The van der Waals surface area contributed by atoms with Crippen molar-refractivity contribution < 1.29 is 5.11 Å². The normalized spacial score (nSPS) is 10.8. The van der Waals surface area contributed by atoms with Gasteiger partial charge in [0.05, 0.1) is 6.61 Å². The predicted molar refractivity (Wildman–Crippen MR) is 82.2 cm³/mol. The minimum absolute atomic E-state index is 0.173. The maximum atomic E-state index is 8.91. The van der Waals surface area contributed by atoms with Crippen molar-refractivity contribution in [1.29, 1.82) is 0 Å². The second-order valence-electron chi connectivity index (χ2n) is 4.48. The SMILES string of the molecule is CN(CCO)c1ccc(C=Cc2ccccc2)cc1. The Morgan fingerprint density at radius 1 is 0.895 bits per heavy atom. The third kappa shape index (κ3) is 3.97. The minimum Gasteiger partial charge on any atom is -0.395 e. The van der Waals surface area contributed by atoms with E-state index in [0.29, 0.717) is 6.54 Å². The van der Waals surface area contributed by atoms with Gasteiger partial charge in [-0.1, -0.05) is 54.6 Å². The number of aliphatic hydroxyl groups excluding tert-OH is 1. The van der Waals surface area contributed by atoms with Gasteiger partial charge in [0.25, 0.3) is 0 Å². The average molecular weight is 253 g/mol. The number of aliphatic hydroxyl groups is 1. The van der Waals surface area contributed by atoms with Crippen LogP contribution in [0.1, 0.15) is 11.1 Å². The topological polar surface area (TPSA) is 23.5 Å². The third-order valence-electron chi connectivity index (χ3n) is 3.04. The maximum absolute atomic E-state index is 8.91. The number of nitrogens with zero attached hydrogens (tertiary/aromatic N) is 1. The molecule has 0 spiro atoms. The van der Waals surface area contributed by atoms with Crippen molar-refractivity contribution in [2.75, 3.05) is 25.1 Å². The molecule has 0 aliphatic rings. The van der Waals surface area contributed by atoms with Gasteiger partial charge < -0.3 is 10.0 Å². The lowest BCUT2D eigenvalue weighted by Crippen LogP contribution is -2.20. The van der Waals surface area contributed by atoms with E-state index in [1.165, 1.54) is 11.1 Å². The molecule has 98 valence electrons. The van der Waals surface area contributed by atoms with Gasteiger partial charge in [0.1, 0.15) is 0 Å². The molecule has 0 radical (unpaired) electrons. The Balaban J connectivity index is 2.05. The molecule has 2 rings (SSSR count). The van der Waals surface area contributed by atoms with Gasteiger partial charge in [-0.15, -0.1) is 0 Å². The van der Waals surface area contributed by atoms with Crippen LogP contribution in [0.4, 0.5) is 5.69 Å². The van der Waals surface area contributed by atoms with Crippen LogP contribution < -0.4 is 4.90 Å². The molecule has 0 amide bonds. The number of hydrogen-bond donors (Lipinski definition) is 1. The highest BCUT2D eigenvalue weighted by Crippen LogP contribution is 2.15. The standard InChI is InChI=1S/C17H19NO/c1-18(13-14-19)17-11-9-16(10-12-17)8-7-15-5-3-2-4-6-15/h2-12,19H,13-14H2,1H3. The van der Waals surface area contributed by atoms with E-state index in [9.17, 15) is 0 Å². The predicted octanol–water partition coefficient (Wildman–Crippen LogP) is 3.29. The van der Waals surface area contributed by atoms with Gasteiger partial charge in [-0.25, -0.2) is 0 Å². The smallest absolute Gasteiger partial charge is 0.0606 e. The molecule has 0 fully saturated rings. The zero-order chi connectivity index (χ0) is 13.5. The van der Waals surface area contributed by atoms with E-state index in [-0.39, 0.29) is 6.61 Å². The summed E-state index contributed by atoms with van der Waals surface area (Å²) in [5, 5.41) is 8.91. The molecule has 0 atom stereocenters. The van der Waals surface area contributed by atoms with Gasteiger partial charge >= 0.3 is 0 Å². The summed E-state index contributed by atoms with van der Waals surface area (Å²) < 4.78 is 0. The summed E-state index contributed by atoms with van der Waals surface area (Å²) in [6.45, 7) is 0.825. The maximum Gasteiger partial charge on any atom is 0.0606 e. The Morgan fingerprint density at radius 2 is 1.47 bits per heavy atom. The first kappa shape index (κ1) is 13.4. The van der Waals surface area contributed by atoms with Crippen molar-refractivity contribution in [2.45, 2.75) is 0 Å². The van der Waals surface area contributed by atoms with Crippen molar-refractivity contribution in [3.8, 4) is 0 Å². The molecule has 0 aliphatic carbocycles. The lowest BCUT2D eigenvalue weighted by Gasteiger charge is -2.17. The number of benzene rings is 2. The number of hydrogen-bond acceptors (Lipinski definition) is 2. The van der Waals surface area contributed by atoms with Gasteiger partial charge in [0.2, 0.25) is 0 Å². The van der Waals surface area contributed by atoms with E-state index in [0.717, 1.165) is 5.69 Å². The second kappa shape index (κ2) is 6.76. The largest absolute Gasteiger partial charge is 0.395 e. The molecule has 2 aromatic carbocycles. The number of rotatable bonds is 5. The summed E-state index contributed by atoms with van der Waals surface area (Å²) >= 11 is 0. The van der Waals surface area contributed by atoms with Crippen molar-refractivity contribution in [3.63, 3.8) is 0 Å². The fourth-order valence-corrected chi connectivity index (χ4v) is 1.88. The Labute approximate surface area is 114 Å². The average Bonchev–Trinajstić information content (AvgIpc) is 2.47. The zero-order valence-electron chi connectivity index (χ0n) is 11.2. The molecule has 0 saturated carbocycles. The van der Waals surface area contributed by atoms with Crippen LogP contribution in [0.3, 0.4) is 0 Å². The quantitative estimate of drug-likeness (QED) is 0.827. The van der Waals surface area contributed by atoms with Gasteiger partial charge in [-0.05, 0) is 23.3 Å². The summed E-state index contributed by atoms with van der Waals surface area (Å²) in [6.07, 6.45) is 4.21. The molecule has 0 aromatic heterocycles. The fourth-order valence-electron chi connectivity index (χ4n) is 1.88. The first-order valence-corrected chi connectivity index (χ1v) is 6.45. The van der Waals surface area contributed by atoms with Gasteiger partial charge in [-0.3, -0.25) is 0 Å². The van der Waals surface area contributed by atoms with Crippen LogP contribution in [0.15, 0.2) is 54.6 Å². The Bertz CT molecular complexity index is 517. The Hall–Kier alpha value is -2.06. The van der Waals surface area contributed by atoms with E-state index in [1.54, 1.807) is 0 Å². The monoisotopic (exact) mass is 253 g/mol. The summed E-state index contributed by atoms with van der Waals surface area (Å²) in [5.41, 5.74) is 3.49. The molecule has 19 heavy (non-hydrogen) atoms. The van der Waals surface area contributed by atoms with Crippen LogP contribution in [0.25, 0.3) is 12.2 Å². The van der Waals surface area contributed by atoms with Crippen LogP contribution >= 0.6 is 0 Å². The van der Waals surface area contributed by atoms with E-state index >= 15 is 0 Å². The summed E-state index contributed by atoms with van der Waals surface area (Å²) in [5.74, 6) is 0. The molecule has 2 heteroatoms. The Morgan fingerprint density at radius 3 is 2.05 bits per heavy atom. The highest BCUT2D eigenvalue weighted by atomic mass is 16.3. The summed E-state index contributed by atoms with van der Waals surface area (Å²) in [6, 6.07) is 18.6. The van der Waals surface area contributed by atoms with Crippen molar-refractivity contribution in [3.05, 3.63) is 65.7 Å². The molecule has 2 nitrogen and oxygen atoms in total. The van der Waals surface area contributed by atoms with Crippen LogP contribution in [-0.2, 0) is 0 Å². The van der Waals surface area contributed by atoms with Crippen LogP contribution in [0.5, 0.6) is 0 Å². The molecule has 0 bridgehead atoms. The van der Waals surface area contributed by atoms with Crippen LogP contribution in [0, 0.1) is 0 Å². The van der Waals surface area contributed by atoms with Crippen LogP contribution in [0.2, 0.25) is 0 Å². The van der Waals surface area contributed by atoms with Gasteiger partial charge in [0, 0.05) is 19.3 Å². The van der Waals surface area contributed by atoms with Crippen molar-refractivity contribution in [1.82, 2.24) is 0 Å². The van der Waals surface area contributed by atoms with E-state index in [2.05, 4.69) is 48.6 Å². The first-order chi connectivity index (χ1) is 9.29. The molecule has 0 aliphatic heterocycles. The highest BCUT2D eigenvalue weighted by molar-refractivity contribution is 5.70. The van der Waals surface area contributed by atoms with Gasteiger partial charge in [-0.2, -0.15) is 0 Å². The van der Waals surface area contributed by atoms with E-state index in [1.807, 2.05) is 30.1 Å². The molecule has 0 unspecified atom stereocenters. The zero-order valence-corrected chi connectivity index (χ0v) is 11.2. The summed E-state index contributed by atoms with van der Waals surface area (Å²) in [4.78, 5) is 2.03. The molecular weight excluding hydrogens is 234 g/mol. The van der Waals surface area contributed by atoms with E-state index < -0.39 is 0 Å².